The van der Waals surface area contributed by atoms with E-state index < -0.39 is 0 Å². The summed E-state index contributed by atoms with van der Waals surface area (Å²) < 4.78 is 1.16. The van der Waals surface area contributed by atoms with Crippen LogP contribution in [0.1, 0.15) is 25.3 Å². The van der Waals surface area contributed by atoms with Crippen molar-refractivity contribution in [2.24, 2.45) is 0 Å². The van der Waals surface area contributed by atoms with Crippen molar-refractivity contribution < 1.29 is 0 Å². The van der Waals surface area contributed by atoms with Gasteiger partial charge in [0, 0.05) is 4.47 Å². The van der Waals surface area contributed by atoms with Crippen LogP contribution in [0.15, 0.2) is 89.4 Å². The molecule has 0 N–H and O–H groups in total. The maximum atomic E-state index is 3.72. The summed E-state index contributed by atoms with van der Waals surface area (Å²) in [6.45, 7) is 2.25. The smallest absolute Gasteiger partial charge is 0.0184 e. The van der Waals surface area contributed by atoms with Gasteiger partial charge in [-0.3, -0.25) is 0 Å². The summed E-state index contributed by atoms with van der Waals surface area (Å²) in [6.07, 6.45) is 3.57. The summed E-state index contributed by atoms with van der Waals surface area (Å²) >= 11 is 3.72. The second-order valence-corrected chi connectivity index (χ2v) is 8.72. The molecule has 29 heavy (non-hydrogen) atoms. The van der Waals surface area contributed by atoms with Gasteiger partial charge in [0.1, 0.15) is 0 Å². The molecule has 0 aromatic heterocycles. The molecule has 0 atom stereocenters. The van der Waals surface area contributed by atoms with Gasteiger partial charge in [-0.1, -0.05) is 96.0 Å². The molecular formula is C28H23Br. The van der Waals surface area contributed by atoms with Crippen LogP contribution in [-0.4, -0.2) is 0 Å². The fourth-order valence-electron chi connectivity index (χ4n) is 4.43. The molecule has 142 valence electrons. The van der Waals surface area contributed by atoms with Crippen LogP contribution in [0.5, 0.6) is 0 Å². The number of benzene rings is 5. The zero-order chi connectivity index (χ0) is 19.8. The van der Waals surface area contributed by atoms with Crippen LogP contribution in [-0.2, 0) is 6.42 Å². The molecule has 0 unspecified atom stereocenters. The van der Waals surface area contributed by atoms with Crippen molar-refractivity contribution in [1.29, 1.82) is 0 Å². The van der Waals surface area contributed by atoms with Crippen molar-refractivity contribution in [3.8, 4) is 11.1 Å². The van der Waals surface area contributed by atoms with E-state index in [2.05, 4.69) is 108 Å². The molecule has 0 amide bonds. The molecule has 0 fully saturated rings. The van der Waals surface area contributed by atoms with Gasteiger partial charge in [0.15, 0.2) is 0 Å². The summed E-state index contributed by atoms with van der Waals surface area (Å²) in [4.78, 5) is 0. The first-order valence-corrected chi connectivity index (χ1v) is 11.2. The molecule has 0 saturated heterocycles. The SMILES string of the molecule is CCCCc1cc(Br)cc(-c2ccc3c4ccccc4c4ccccc4c3c2)c1. The summed E-state index contributed by atoms with van der Waals surface area (Å²) in [7, 11) is 0. The topological polar surface area (TPSA) is 0 Å². The van der Waals surface area contributed by atoms with Gasteiger partial charge in [0.25, 0.3) is 0 Å². The van der Waals surface area contributed by atoms with Crippen LogP contribution in [0.4, 0.5) is 0 Å². The molecule has 0 aliphatic carbocycles. The van der Waals surface area contributed by atoms with E-state index in [0.717, 1.165) is 10.9 Å². The van der Waals surface area contributed by atoms with Crippen LogP contribution < -0.4 is 0 Å². The minimum atomic E-state index is 1.13. The van der Waals surface area contributed by atoms with Gasteiger partial charge >= 0.3 is 0 Å². The third kappa shape index (κ3) is 3.34. The van der Waals surface area contributed by atoms with Crippen LogP contribution in [0.25, 0.3) is 43.4 Å². The predicted octanol–water partition coefficient (Wildman–Crippen LogP) is 8.92. The quantitative estimate of drug-likeness (QED) is 0.245. The van der Waals surface area contributed by atoms with Crippen molar-refractivity contribution in [2.75, 3.05) is 0 Å². The first kappa shape index (κ1) is 18.4. The highest BCUT2D eigenvalue weighted by atomic mass is 79.9. The Kier molecular flexibility index (Phi) is 4.85. The highest BCUT2D eigenvalue weighted by Gasteiger charge is 2.10. The van der Waals surface area contributed by atoms with Gasteiger partial charge in [0.2, 0.25) is 0 Å². The lowest BCUT2D eigenvalue weighted by atomic mass is 9.91. The Morgan fingerprint density at radius 3 is 1.79 bits per heavy atom. The minimum absolute atomic E-state index is 1.13. The number of hydrogen-bond donors (Lipinski definition) is 0. The number of rotatable bonds is 4. The van der Waals surface area contributed by atoms with E-state index in [4.69, 9.17) is 0 Å². The molecule has 0 aliphatic rings. The van der Waals surface area contributed by atoms with E-state index in [1.54, 1.807) is 0 Å². The second kappa shape index (κ2) is 7.65. The minimum Gasteiger partial charge on any atom is -0.0654 e. The zero-order valence-electron chi connectivity index (χ0n) is 16.6. The van der Waals surface area contributed by atoms with E-state index in [1.165, 1.54) is 61.8 Å². The fourth-order valence-corrected chi connectivity index (χ4v) is 4.97. The molecule has 0 aliphatic heterocycles. The first-order valence-electron chi connectivity index (χ1n) is 10.4. The average molecular weight is 439 g/mol. The third-order valence-electron chi connectivity index (χ3n) is 5.85. The molecule has 5 aromatic carbocycles. The van der Waals surface area contributed by atoms with Gasteiger partial charge in [-0.15, -0.1) is 0 Å². The maximum absolute atomic E-state index is 3.72. The van der Waals surface area contributed by atoms with Crippen molar-refractivity contribution in [3.63, 3.8) is 0 Å². The fraction of sp³-hybridized carbons (Fsp3) is 0.143. The molecule has 5 rings (SSSR count). The number of halogens is 1. The Bertz CT molecular complexity index is 1310. The Morgan fingerprint density at radius 2 is 1.17 bits per heavy atom. The van der Waals surface area contributed by atoms with Crippen molar-refractivity contribution in [3.05, 3.63) is 95.0 Å². The largest absolute Gasteiger partial charge is 0.0654 e. The van der Waals surface area contributed by atoms with Crippen molar-refractivity contribution in [1.82, 2.24) is 0 Å². The average Bonchev–Trinajstić information content (AvgIpc) is 2.77. The summed E-state index contributed by atoms with van der Waals surface area (Å²) in [5.74, 6) is 0. The summed E-state index contributed by atoms with van der Waals surface area (Å²) in [6, 6.07) is 31.3. The van der Waals surface area contributed by atoms with Gasteiger partial charge in [-0.05, 0) is 80.0 Å². The van der Waals surface area contributed by atoms with Gasteiger partial charge in [-0.25, -0.2) is 0 Å². The van der Waals surface area contributed by atoms with E-state index in [9.17, 15) is 0 Å². The van der Waals surface area contributed by atoms with E-state index in [1.807, 2.05) is 0 Å². The highest BCUT2D eigenvalue weighted by molar-refractivity contribution is 9.10. The summed E-state index contributed by atoms with van der Waals surface area (Å²) in [5, 5.41) is 7.95. The number of unbranched alkanes of at least 4 members (excludes halogenated alkanes) is 1. The Hall–Kier alpha value is -2.64. The van der Waals surface area contributed by atoms with Gasteiger partial charge < -0.3 is 0 Å². The van der Waals surface area contributed by atoms with Crippen LogP contribution in [0.2, 0.25) is 0 Å². The van der Waals surface area contributed by atoms with Crippen molar-refractivity contribution >= 4 is 48.2 Å². The molecule has 0 bridgehead atoms. The van der Waals surface area contributed by atoms with Crippen LogP contribution in [0.3, 0.4) is 0 Å². The zero-order valence-corrected chi connectivity index (χ0v) is 18.2. The lowest BCUT2D eigenvalue weighted by molar-refractivity contribution is 0.795. The molecule has 5 aromatic rings. The standard InChI is InChI=1S/C28H23Br/c1-2-3-8-19-15-21(17-22(29)16-19)20-13-14-27-25-11-5-4-9-23(25)24-10-6-7-12-26(24)28(27)18-20/h4-7,9-18H,2-3,8H2,1H3. The normalized spacial score (nSPS) is 11.5. The van der Waals surface area contributed by atoms with Gasteiger partial charge in [0.05, 0.1) is 0 Å². The van der Waals surface area contributed by atoms with Crippen LogP contribution in [0, 0.1) is 0 Å². The monoisotopic (exact) mass is 438 g/mol. The predicted molar refractivity (Wildman–Crippen MR) is 131 cm³/mol. The second-order valence-electron chi connectivity index (χ2n) is 7.80. The lowest BCUT2D eigenvalue weighted by Gasteiger charge is -2.13. The van der Waals surface area contributed by atoms with E-state index in [0.29, 0.717) is 0 Å². The number of fused-ring (bicyclic) bond motifs is 6. The molecule has 0 heterocycles. The van der Waals surface area contributed by atoms with Gasteiger partial charge in [-0.2, -0.15) is 0 Å². The Balaban J connectivity index is 1.77. The number of hydrogen-bond acceptors (Lipinski definition) is 0. The Labute approximate surface area is 180 Å². The Morgan fingerprint density at radius 1 is 0.586 bits per heavy atom. The van der Waals surface area contributed by atoms with Crippen LogP contribution >= 0.6 is 15.9 Å². The third-order valence-corrected chi connectivity index (χ3v) is 6.31. The molecule has 0 nitrogen and oxygen atoms in total. The molecule has 0 radical (unpaired) electrons. The molecule has 0 spiro atoms. The maximum Gasteiger partial charge on any atom is 0.0184 e. The highest BCUT2D eigenvalue weighted by Crippen LogP contribution is 2.37. The molecular weight excluding hydrogens is 416 g/mol. The molecule has 0 saturated carbocycles. The molecule has 1 heteroatoms. The first-order chi connectivity index (χ1) is 14.2. The van der Waals surface area contributed by atoms with E-state index in [-0.39, 0.29) is 0 Å². The summed E-state index contributed by atoms with van der Waals surface area (Å²) in [5.41, 5.74) is 3.96. The van der Waals surface area contributed by atoms with E-state index >= 15 is 0 Å². The lowest BCUT2D eigenvalue weighted by Crippen LogP contribution is -1.88. The number of aryl methyl sites for hydroxylation is 1. The van der Waals surface area contributed by atoms with Crippen molar-refractivity contribution in [2.45, 2.75) is 26.2 Å².